The van der Waals surface area contributed by atoms with E-state index in [-0.39, 0.29) is 5.91 Å². The highest BCUT2D eigenvalue weighted by Gasteiger charge is 2.40. The highest BCUT2D eigenvalue weighted by atomic mass is 16.5. The maximum atomic E-state index is 12.2. The van der Waals surface area contributed by atoms with Crippen LogP contribution < -0.4 is 5.73 Å². The lowest BCUT2D eigenvalue weighted by Crippen LogP contribution is -2.57. The molecule has 0 aromatic heterocycles. The Bertz CT molecular complexity index is 249. The molecule has 0 aromatic rings. The van der Waals surface area contributed by atoms with E-state index in [1.54, 1.807) is 0 Å². The van der Waals surface area contributed by atoms with Crippen LogP contribution in [0.4, 0.5) is 0 Å². The minimum absolute atomic E-state index is 0.134. The molecule has 2 fully saturated rings. The summed E-state index contributed by atoms with van der Waals surface area (Å²) in [5, 5.41) is 0. The van der Waals surface area contributed by atoms with Crippen molar-refractivity contribution in [2.75, 3.05) is 26.3 Å². The molecule has 2 rings (SSSR count). The van der Waals surface area contributed by atoms with Crippen LogP contribution in [0.5, 0.6) is 0 Å². The van der Waals surface area contributed by atoms with E-state index < -0.39 is 5.54 Å². The quantitative estimate of drug-likeness (QED) is 0.683. The van der Waals surface area contributed by atoms with E-state index in [0.29, 0.717) is 32.0 Å². The number of carbonyl (C=O) groups excluding carboxylic acids is 1. The van der Waals surface area contributed by atoms with E-state index >= 15 is 0 Å². The first-order valence-corrected chi connectivity index (χ1v) is 5.78. The van der Waals surface area contributed by atoms with Crippen molar-refractivity contribution in [1.82, 2.24) is 4.90 Å². The van der Waals surface area contributed by atoms with Crippen LogP contribution >= 0.6 is 0 Å². The SMILES string of the molecule is CC1CCN(C(=O)C2(N)CCOCC2)C1. The Hall–Kier alpha value is -0.610. The third-order valence-corrected chi connectivity index (χ3v) is 3.52. The minimum Gasteiger partial charge on any atom is -0.381 e. The lowest BCUT2D eigenvalue weighted by Gasteiger charge is -2.35. The molecule has 4 nitrogen and oxygen atoms in total. The van der Waals surface area contributed by atoms with Crippen molar-refractivity contribution in [2.45, 2.75) is 31.7 Å². The molecule has 2 heterocycles. The zero-order chi connectivity index (χ0) is 10.9. The van der Waals surface area contributed by atoms with Crippen molar-refractivity contribution in [1.29, 1.82) is 0 Å². The largest absolute Gasteiger partial charge is 0.381 e. The molecule has 2 aliphatic heterocycles. The minimum atomic E-state index is -0.650. The maximum absolute atomic E-state index is 12.2. The first kappa shape index (κ1) is 10.9. The Morgan fingerprint density at radius 1 is 1.47 bits per heavy atom. The van der Waals surface area contributed by atoms with Crippen molar-refractivity contribution in [3.05, 3.63) is 0 Å². The van der Waals surface area contributed by atoms with E-state index in [0.717, 1.165) is 19.5 Å². The number of rotatable bonds is 1. The number of carbonyl (C=O) groups is 1. The summed E-state index contributed by atoms with van der Waals surface area (Å²) in [6, 6.07) is 0. The molecule has 0 aromatic carbocycles. The van der Waals surface area contributed by atoms with Crippen LogP contribution in [0, 0.1) is 5.92 Å². The van der Waals surface area contributed by atoms with Gasteiger partial charge in [-0.2, -0.15) is 0 Å². The van der Waals surface area contributed by atoms with Crippen molar-refractivity contribution in [2.24, 2.45) is 11.7 Å². The molecular formula is C11H20N2O2. The van der Waals surface area contributed by atoms with Gasteiger partial charge >= 0.3 is 0 Å². The smallest absolute Gasteiger partial charge is 0.242 e. The Kier molecular flexibility index (Phi) is 2.98. The molecule has 2 N–H and O–H groups in total. The first-order chi connectivity index (χ1) is 7.12. The highest BCUT2D eigenvalue weighted by molar-refractivity contribution is 5.86. The van der Waals surface area contributed by atoms with Gasteiger partial charge in [-0.15, -0.1) is 0 Å². The normalized spacial score (nSPS) is 30.5. The Morgan fingerprint density at radius 2 is 2.13 bits per heavy atom. The zero-order valence-electron chi connectivity index (χ0n) is 9.37. The summed E-state index contributed by atoms with van der Waals surface area (Å²) in [5.74, 6) is 0.757. The summed E-state index contributed by atoms with van der Waals surface area (Å²) in [6.07, 6.45) is 2.44. The predicted octanol–water partition coefficient (Wildman–Crippen LogP) is 0.363. The molecule has 0 aliphatic carbocycles. The number of ether oxygens (including phenoxy) is 1. The van der Waals surface area contributed by atoms with E-state index in [9.17, 15) is 4.79 Å². The van der Waals surface area contributed by atoms with Crippen molar-refractivity contribution in [3.63, 3.8) is 0 Å². The fraction of sp³-hybridized carbons (Fsp3) is 0.909. The first-order valence-electron chi connectivity index (χ1n) is 5.78. The summed E-state index contributed by atoms with van der Waals surface area (Å²) in [6.45, 7) is 5.16. The van der Waals surface area contributed by atoms with E-state index in [2.05, 4.69) is 6.92 Å². The summed E-state index contributed by atoms with van der Waals surface area (Å²) in [7, 11) is 0. The third kappa shape index (κ3) is 2.16. The lowest BCUT2D eigenvalue weighted by atomic mass is 9.90. The molecule has 1 atom stereocenters. The zero-order valence-corrected chi connectivity index (χ0v) is 9.37. The van der Waals surface area contributed by atoms with Gasteiger partial charge in [-0.1, -0.05) is 6.92 Å². The molecule has 0 saturated carbocycles. The van der Waals surface area contributed by atoms with Gasteiger partial charge in [0, 0.05) is 26.3 Å². The topological polar surface area (TPSA) is 55.6 Å². The predicted molar refractivity (Wildman–Crippen MR) is 57.3 cm³/mol. The number of likely N-dealkylation sites (tertiary alicyclic amines) is 1. The van der Waals surface area contributed by atoms with Crippen molar-refractivity contribution in [3.8, 4) is 0 Å². The van der Waals surface area contributed by atoms with Gasteiger partial charge in [0.15, 0.2) is 0 Å². The average Bonchev–Trinajstić information content (AvgIpc) is 2.65. The van der Waals surface area contributed by atoms with E-state index in [4.69, 9.17) is 10.5 Å². The van der Waals surface area contributed by atoms with E-state index in [1.807, 2.05) is 4.90 Å². The molecular weight excluding hydrogens is 192 g/mol. The van der Waals surface area contributed by atoms with Crippen LogP contribution in [0.3, 0.4) is 0 Å². The third-order valence-electron chi connectivity index (χ3n) is 3.52. The Labute approximate surface area is 90.8 Å². The summed E-state index contributed by atoms with van der Waals surface area (Å²) in [5.41, 5.74) is 5.51. The van der Waals surface area contributed by atoms with Gasteiger partial charge in [-0.3, -0.25) is 4.79 Å². The van der Waals surface area contributed by atoms with Crippen LogP contribution in [0.15, 0.2) is 0 Å². The lowest BCUT2D eigenvalue weighted by molar-refractivity contribution is -0.139. The second-order valence-electron chi connectivity index (χ2n) is 4.91. The monoisotopic (exact) mass is 212 g/mol. The number of hydrogen-bond donors (Lipinski definition) is 1. The molecule has 86 valence electrons. The second-order valence-corrected chi connectivity index (χ2v) is 4.91. The van der Waals surface area contributed by atoms with Crippen LogP contribution in [0.2, 0.25) is 0 Å². The fourth-order valence-corrected chi connectivity index (χ4v) is 2.38. The Morgan fingerprint density at radius 3 is 2.67 bits per heavy atom. The van der Waals surface area contributed by atoms with Gasteiger partial charge in [-0.05, 0) is 25.2 Å². The summed E-state index contributed by atoms with van der Waals surface area (Å²) in [4.78, 5) is 14.1. The highest BCUT2D eigenvalue weighted by Crippen LogP contribution is 2.24. The van der Waals surface area contributed by atoms with Crippen LogP contribution in [-0.2, 0) is 9.53 Å². The molecule has 15 heavy (non-hydrogen) atoms. The van der Waals surface area contributed by atoms with Gasteiger partial charge in [0.25, 0.3) is 0 Å². The number of nitrogens with two attached hydrogens (primary N) is 1. The molecule has 1 unspecified atom stereocenters. The molecule has 0 radical (unpaired) electrons. The summed E-state index contributed by atoms with van der Waals surface area (Å²) >= 11 is 0. The van der Waals surface area contributed by atoms with E-state index in [1.165, 1.54) is 0 Å². The van der Waals surface area contributed by atoms with Crippen LogP contribution in [0.1, 0.15) is 26.2 Å². The van der Waals surface area contributed by atoms with Crippen LogP contribution in [0.25, 0.3) is 0 Å². The number of nitrogens with zero attached hydrogens (tertiary/aromatic N) is 1. The van der Waals surface area contributed by atoms with Gasteiger partial charge in [0.1, 0.15) is 0 Å². The van der Waals surface area contributed by atoms with Crippen LogP contribution in [-0.4, -0.2) is 42.6 Å². The summed E-state index contributed by atoms with van der Waals surface area (Å²) < 4.78 is 5.25. The standard InChI is InChI=1S/C11H20N2O2/c1-9-2-5-13(8-9)10(14)11(12)3-6-15-7-4-11/h9H,2-8,12H2,1H3. The molecule has 1 amide bonds. The van der Waals surface area contributed by atoms with Crippen molar-refractivity contribution >= 4 is 5.91 Å². The maximum Gasteiger partial charge on any atom is 0.242 e. The number of amides is 1. The average molecular weight is 212 g/mol. The van der Waals surface area contributed by atoms with Gasteiger partial charge in [0.05, 0.1) is 5.54 Å². The Balaban J connectivity index is 1.99. The van der Waals surface area contributed by atoms with Gasteiger partial charge < -0.3 is 15.4 Å². The number of hydrogen-bond acceptors (Lipinski definition) is 3. The van der Waals surface area contributed by atoms with Gasteiger partial charge in [-0.25, -0.2) is 0 Å². The fourth-order valence-electron chi connectivity index (χ4n) is 2.38. The molecule has 2 aliphatic rings. The van der Waals surface area contributed by atoms with Crippen molar-refractivity contribution < 1.29 is 9.53 Å². The molecule has 4 heteroatoms. The molecule has 0 spiro atoms. The second kappa shape index (κ2) is 4.10. The molecule has 2 saturated heterocycles. The van der Waals surface area contributed by atoms with Gasteiger partial charge in [0.2, 0.25) is 5.91 Å². The molecule has 0 bridgehead atoms.